The van der Waals surface area contributed by atoms with Gasteiger partial charge in [-0.2, -0.15) is 0 Å². The monoisotopic (exact) mass is 341 g/mol. The topological polar surface area (TPSA) is 51.3 Å². The number of H-pyrrole nitrogens is 1. The number of carbonyl (C=O) groups excluding carboxylic acids is 1. The van der Waals surface area contributed by atoms with E-state index in [1.807, 2.05) is 18.2 Å². The van der Waals surface area contributed by atoms with Crippen molar-refractivity contribution in [2.24, 2.45) is 0 Å². The lowest BCUT2D eigenvalue weighted by Crippen LogP contribution is -2.02. The molecule has 1 heterocycles. The van der Waals surface area contributed by atoms with Crippen LogP contribution in [0.2, 0.25) is 5.02 Å². The summed E-state index contributed by atoms with van der Waals surface area (Å²) in [6, 6.07) is 12.5. The second-order valence-electron chi connectivity index (χ2n) is 5.16. The van der Waals surface area contributed by atoms with Crippen LogP contribution in [0.25, 0.3) is 11.1 Å². The molecule has 4 nitrogen and oxygen atoms in total. The van der Waals surface area contributed by atoms with Gasteiger partial charge in [0, 0.05) is 29.1 Å². The third kappa shape index (κ3) is 2.88. The third-order valence-electron chi connectivity index (χ3n) is 3.80. The second-order valence-corrected chi connectivity index (χ2v) is 5.57. The van der Waals surface area contributed by atoms with E-state index in [9.17, 15) is 4.79 Å². The molecule has 2 aromatic carbocycles. The molecule has 24 heavy (non-hydrogen) atoms. The summed E-state index contributed by atoms with van der Waals surface area (Å²) >= 11 is 6.15. The van der Waals surface area contributed by atoms with Gasteiger partial charge in [-0.05, 0) is 29.8 Å². The Morgan fingerprint density at radius 3 is 2.42 bits per heavy atom. The van der Waals surface area contributed by atoms with E-state index in [-0.39, 0.29) is 5.78 Å². The summed E-state index contributed by atoms with van der Waals surface area (Å²) in [6.07, 6.45) is 3.46. The molecule has 3 aromatic rings. The first-order chi connectivity index (χ1) is 11.7. The van der Waals surface area contributed by atoms with Gasteiger partial charge < -0.3 is 14.5 Å². The molecule has 1 N–H and O–H groups in total. The number of methoxy groups -OCH3 is 2. The number of aromatic amines is 1. The maximum atomic E-state index is 12.8. The number of ether oxygens (including phenoxy) is 2. The Hall–Kier alpha value is -2.72. The Morgan fingerprint density at radius 2 is 1.71 bits per heavy atom. The molecule has 0 unspecified atom stereocenters. The third-order valence-corrected chi connectivity index (χ3v) is 4.13. The number of ketones is 1. The highest BCUT2D eigenvalue weighted by Crippen LogP contribution is 2.34. The van der Waals surface area contributed by atoms with Crippen molar-refractivity contribution in [3.05, 3.63) is 71.0 Å². The Morgan fingerprint density at radius 1 is 0.958 bits per heavy atom. The molecule has 0 spiro atoms. The van der Waals surface area contributed by atoms with E-state index in [4.69, 9.17) is 21.1 Å². The Labute approximate surface area is 145 Å². The minimum absolute atomic E-state index is 0.133. The van der Waals surface area contributed by atoms with Gasteiger partial charge in [0.2, 0.25) is 0 Å². The van der Waals surface area contributed by atoms with Crippen LogP contribution < -0.4 is 9.47 Å². The van der Waals surface area contributed by atoms with E-state index >= 15 is 0 Å². The van der Waals surface area contributed by atoms with E-state index in [0.717, 1.165) is 11.1 Å². The predicted octanol–water partition coefficient (Wildman–Crippen LogP) is 4.58. The smallest absolute Gasteiger partial charge is 0.196 e. The average molecular weight is 342 g/mol. The summed E-state index contributed by atoms with van der Waals surface area (Å²) in [6.45, 7) is 0. The average Bonchev–Trinajstić information content (AvgIpc) is 3.10. The summed E-state index contributed by atoms with van der Waals surface area (Å²) in [5.41, 5.74) is 2.65. The van der Waals surface area contributed by atoms with Gasteiger partial charge in [-0.15, -0.1) is 0 Å². The van der Waals surface area contributed by atoms with Crippen molar-refractivity contribution in [2.75, 3.05) is 14.2 Å². The van der Waals surface area contributed by atoms with Gasteiger partial charge in [0.1, 0.15) is 0 Å². The lowest BCUT2D eigenvalue weighted by molar-refractivity contribution is 0.103. The van der Waals surface area contributed by atoms with Crippen molar-refractivity contribution >= 4 is 17.4 Å². The lowest BCUT2D eigenvalue weighted by atomic mass is 9.98. The Bertz CT molecular complexity index is 886. The molecule has 0 fully saturated rings. The molecule has 0 saturated heterocycles. The van der Waals surface area contributed by atoms with Crippen LogP contribution in [-0.2, 0) is 0 Å². The summed E-state index contributed by atoms with van der Waals surface area (Å²) < 4.78 is 10.6. The van der Waals surface area contributed by atoms with Crippen LogP contribution in [0.4, 0.5) is 0 Å². The van der Waals surface area contributed by atoms with Crippen LogP contribution in [0, 0.1) is 0 Å². The van der Waals surface area contributed by atoms with Crippen molar-refractivity contribution in [3.63, 3.8) is 0 Å². The van der Waals surface area contributed by atoms with Crippen molar-refractivity contribution < 1.29 is 14.3 Å². The Balaban J connectivity index is 2.05. The van der Waals surface area contributed by atoms with Gasteiger partial charge >= 0.3 is 0 Å². The van der Waals surface area contributed by atoms with Crippen molar-refractivity contribution in [2.45, 2.75) is 0 Å². The van der Waals surface area contributed by atoms with Crippen LogP contribution in [0.15, 0.2) is 54.9 Å². The van der Waals surface area contributed by atoms with E-state index in [2.05, 4.69) is 4.98 Å². The maximum Gasteiger partial charge on any atom is 0.196 e. The lowest BCUT2D eigenvalue weighted by Gasteiger charge is -2.10. The first kappa shape index (κ1) is 16.1. The van der Waals surface area contributed by atoms with Crippen LogP contribution in [0.1, 0.15) is 15.9 Å². The van der Waals surface area contributed by atoms with Gasteiger partial charge in [0.15, 0.2) is 17.3 Å². The molecule has 1 aromatic heterocycles. The molecule has 122 valence electrons. The standard InChI is InChI=1S/C19H16ClNO3/c1-23-17-8-7-12(9-18(17)24-2)14-10-21-11-15(14)19(22)13-5-3-4-6-16(13)20/h3-11,21H,1-2H3. The predicted molar refractivity (Wildman–Crippen MR) is 94.2 cm³/mol. The summed E-state index contributed by atoms with van der Waals surface area (Å²) in [5, 5.41) is 0.432. The molecule has 0 atom stereocenters. The van der Waals surface area contributed by atoms with E-state index in [0.29, 0.717) is 27.6 Å². The number of nitrogens with one attached hydrogen (secondary N) is 1. The molecule has 3 rings (SSSR count). The zero-order chi connectivity index (χ0) is 17.1. The van der Waals surface area contributed by atoms with Gasteiger partial charge in [-0.1, -0.05) is 29.8 Å². The quantitative estimate of drug-likeness (QED) is 0.691. The van der Waals surface area contributed by atoms with Crippen LogP contribution >= 0.6 is 11.6 Å². The molecule has 0 radical (unpaired) electrons. The largest absolute Gasteiger partial charge is 0.493 e. The fourth-order valence-corrected chi connectivity index (χ4v) is 2.81. The fraction of sp³-hybridized carbons (Fsp3) is 0.105. The second kappa shape index (κ2) is 6.81. The SMILES string of the molecule is COc1ccc(-c2c[nH]cc2C(=O)c2ccccc2Cl)cc1OC. The highest BCUT2D eigenvalue weighted by Gasteiger charge is 2.19. The van der Waals surface area contributed by atoms with Crippen molar-refractivity contribution in [1.82, 2.24) is 4.98 Å². The minimum atomic E-state index is -0.133. The molecule has 0 bridgehead atoms. The van der Waals surface area contributed by atoms with Gasteiger partial charge in [0.25, 0.3) is 0 Å². The van der Waals surface area contributed by atoms with Crippen LogP contribution in [0.3, 0.4) is 0 Å². The summed E-state index contributed by atoms with van der Waals surface area (Å²) in [5.74, 6) is 1.11. The first-order valence-corrected chi connectivity index (χ1v) is 7.72. The number of benzene rings is 2. The molecule has 0 aliphatic heterocycles. The fourth-order valence-electron chi connectivity index (χ4n) is 2.58. The molecule has 0 saturated carbocycles. The zero-order valence-electron chi connectivity index (χ0n) is 13.3. The van der Waals surface area contributed by atoms with E-state index in [1.165, 1.54) is 0 Å². The number of rotatable bonds is 5. The van der Waals surface area contributed by atoms with E-state index < -0.39 is 0 Å². The van der Waals surface area contributed by atoms with Gasteiger partial charge in [-0.3, -0.25) is 4.79 Å². The number of carbonyl (C=O) groups is 1. The first-order valence-electron chi connectivity index (χ1n) is 7.34. The number of hydrogen-bond acceptors (Lipinski definition) is 3. The molecule has 5 heteroatoms. The molecule has 0 amide bonds. The van der Waals surface area contributed by atoms with Crippen molar-refractivity contribution in [3.8, 4) is 22.6 Å². The number of halogens is 1. The van der Waals surface area contributed by atoms with Crippen molar-refractivity contribution in [1.29, 1.82) is 0 Å². The number of aromatic nitrogens is 1. The summed E-state index contributed by atoms with van der Waals surface area (Å²) in [4.78, 5) is 15.8. The minimum Gasteiger partial charge on any atom is -0.493 e. The molecule has 0 aliphatic carbocycles. The highest BCUT2D eigenvalue weighted by atomic mass is 35.5. The van der Waals surface area contributed by atoms with Gasteiger partial charge in [-0.25, -0.2) is 0 Å². The molecular weight excluding hydrogens is 326 g/mol. The Kier molecular flexibility index (Phi) is 4.58. The normalized spacial score (nSPS) is 10.5. The van der Waals surface area contributed by atoms with Gasteiger partial charge in [0.05, 0.1) is 19.2 Å². The maximum absolute atomic E-state index is 12.8. The van der Waals surface area contributed by atoms with Crippen LogP contribution in [0.5, 0.6) is 11.5 Å². The summed E-state index contributed by atoms with van der Waals surface area (Å²) in [7, 11) is 3.16. The highest BCUT2D eigenvalue weighted by molar-refractivity contribution is 6.35. The zero-order valence-corrected chi connectivity index (χ0v) is 14.1. The molecular formula is C19H16ClNO3. The molecule has 0 aliphatic rings. The van der Waals surface area contributed by atoms with Crippen LogP contribution in [-0.4, -0.2) is 25.0 Å². The number of hydrogen-bond donors (Lipinski definition) is 1. The van der Waals surface area contributed by atoms with E-state index in [1.54, 1.807) is 50.9 Å².